The number of hydrazine groups is 1. The van der Waals surface area contributed by atoms with Crippen molar-refractivity contribution in [3.8, 4) is 0 Å². The summed E-state index contributed by atoms with van der Waals surface area (Å²) in [6, 6.07) is 0. The van der Waals surface area contributed by atoms with Crippen molar-refractivity contribution in [2.75, 3.05) is 6.26 Å². The lowest BCUT2D eigenvalue weighted by Gasteiger charge is -2.21. The molecule has 82 valence electrons. The Morgan fingerprint density at radius 1 is 1.53 bits per heavy atom. The van der Waals surface area contributed by atoms with Gasteiger partial charge in [0.05, 0.1) is 6.26 Å². The van der Waals surface area contributed by atoms with Crippen molar-refractivity contribution < 1.29 is 17.4 Å². The van der Waals surface area contributed by atoms with Gasteiger partial charge >= 0.3 is 0 Å². The maximum absolute atomic E-state index is 11.3. The number of hydrogen-bond acceptors (Lipinski definition) is 6. The van der Waals surface area contributed by atoms with Crippen LogP contribution in [0.4, 0.5) is 0 Å². The van der Waals surface area contributed by atoms with E-state index in [4.69, 9.17) is 0 Å². The first-order chi connectivity index (χ1) is 6.96. The normalized spacial score (nSPS) is 24.9. The Morgan fingerprint density at radius 3 is 2.87 bits per heavy atom. The van der Waals surface area contributed by atoms with E-state index in [1.807, 2.05) is 0 Å². The van der Waals surface area contributed by atoms with Gasteiger partial charge in [-0.2, -0.15) is 13.8 Å². The van der Waals surface area contributed by atoms with Gasteiger partial charge in [-0.25, -0.2) is 4.18 Å². The second-order valence-electron chi connectivity index (χ2n) is 3.06. The molecule has 15 heavy (non-hydrogen) atoms. The smallest absolute Gasteiger partial charge is 0.273 e. The third-order valence-electron chi connectivity index (χ3n) is 1.78. The van der Waals surface area contributed by atoms with Crippen LogP contribution in [-0.2, 0) is 19.1 Å². The number of amides is 1. The van der Waals surface area contributed by atoms with Crippen molar-refractivity contribution >= 4 is 16.0 Å². The second kappa shape index (κ2) is 3.33. The van der Waals surface area contributed by atoms with E-state index >= 15 is 0 Å². The van der Waals surface area contributed by atoms with Crippen molar-refractivity contribution in [2.24, 2.45) is 0 Å². The molecule has 7 nitrogen and oxygen atoms in total. The van der Waals surface area contributed by atoms with E-state index in [0.29, 0.717) is 5.70 Å². The maximum Gasteiger partial charge on any atom is 0.273 e. The van der Waals surface area contributed by atoms with Gasteiger partial charge in [0.2, 0.25) is 0 Å². The van der Waals surface area contributed by atoms with Gasteiger partial charge < -0.3 is 5.32 Å². The summed E-state index contributed by atoms with van der Waals surface area (Å²) in [6.07, 6.45) is 4.48. The van der Waals surface area contributed by atoms with E-state index < -0.39 is 16.3 Å². The minimum atomic E-state index is -3.56. The summed E-state index contributed by atoms with van der Waals surface area (Å²) in [6.45, 7) is 0. The molecule has 0 radical (unpaired) electrons. The molecule has 1 atom stereocenters. The number of nitrogens with one attached hydrogen (secondary N) is 2. The molecule has 2 aliphatic heterocycles. The summed E-state index contributed by atoms with van der Waals surface area (Å²) in [7, 11) is -3.56. The van der Waals surface area contributed by atoms with E-state index in [-0.39, 0.29) is 5.91 Å². The Labute approximate surface area is 86.5 Å². The van der Waals surface area contributed by atoms with Crippen LogP contribution in [0.2, 0.25) is 0 Å². The predicted octanol–water partition coefficient (Wildman–Crippen LogP) is -1.41. The van der Waals surface area contributed by atoms with Crippen LogP contribution in [0.5, 0.6) is 0 Å². The highest BCUT2D eigenvalue weighted by atomic mass is 32.2. The molecule has 2 rings (SSSR count). The van der Waals surface area contributed by atoms with Crippen LogP contribution in [0.1, 0.15) is 0 Å². The summed E-state index contributed by atoms with van der Waals surface area (Å²) in [5, 5.41) is 3.86. The second-order valence-corrected chi connectivity index (χ2v) is 4.66. The number of carbonyl (C=O) groups excluding carboxylic acids is 1. The highest BCUT2D eigenvalue weighted by molar-refractivity contribution is 7.86. The van der Waals surface area contributed by atoms with Crippen LogP contribution >= 0.6 is 0 Å². The minimum Gasteiger partial charge on any atom is -0.326 e. The Kier molecular flexibility index (Phi) is 2.25. The number of fused-ring (bicyclic) bond motifs is 1. The molecule has 0 aromatic carbocycles. The predicted molar refractivity (Wildman–Crippen MR) is 50.1 cm³/mol. The standard InChI is InChI=1S/C7H9N3O4S/c1-15(12,13)14-6-4-5-7(11)8-2-3-10(5)9-6/h2-4,6,9H,1H3,(H,8,11). The Balaban J connectivity index is 2.17. The van der Waals surface area contributed by atoms with E-state index in [0.717, 1.165) is 6.26 Å². The third-order valence-corrected chi connectivity index (χ3v) is 2.34. The molecule has 8 heteroatoms. The van der Waals surface area contributed by atoms with Gasteiger partial charge in [0, 0.05) is 12.4 Å². The molecule has 0 saturated heterocycles. The van der Waals surface area contributed by atoms with Crippen LogP contribution < -0.4 is 10.7 Å². The van der Waals surface area contributed by atoms with Gasteiger partial charge in [0.1, 0.15) is 5.70 Å². The van der Waals surface area contributed by atoms with E-state index in [9.17, 15) is 13.2 Å². The number of nitrogens with zero attached hydrogens (tertiary/aromatic N) is 1. The zero-order valence-corrected chi connectivity index (χ0v) is 8.61. The summed E-state index contributed by atoms with van der Waals surface area (Å²) >= 11 is 0. The highest BCUT2D eigenvalue weighted by Crippen LogP contribution is 2.16. The first kappa shape index (κ1) is 10.1. The van der Waals surface area contributed by atoms with Gasteiger partial charge in [-0.1, -0.05) is 0 Å². The molecule has 0 spiro atoms. The molecular weight excluding hydrogens is 222 g/mol. The molecule has 0 aromatic rings. The maximum atomic E-state index is 11.3. The quantitative estimate of drug-likeness (QED) is 0.568. The van der Waals surface area contributed by atoms with Crippen molar-refractivity contribution in [2.45, 2.75) is 6.23 Å². The molecule has 0 fully saturated rings. The fourth-order valence-corrected chi connectivity index (χ4v) is 1.75. The van der Waals surface area contributed by atoms with Crippen LogP contribution in [0.25, 0.3) is 0 Å². The number of hydrogen-bond donors (Lipinski definition) is 2. The first-order valence-electron chi connectivity index (χ1n) is 4.09. The zero-order valence-electron chi connectivity index (χ0n) is 7.80. The summed E-state index contributed by atoms with van der Waals surface area (Å²) in [5.41, 5.74) is 2.98. The van der Waals surface area contributed by atoms with Crippen LogP contribution in [0.3, 0.4) is 0 Å². The van der Waals surface area contributed by atoms with E-state index in [1.165, 1.54) is 17.3 Å². The largest absolute Gasteiger partial charge is 0.326 e. The topological polar surface area (TPSA) is 87.7 Å². The summed E-state index contributed by atoms with van der Waals surface area (Å²) in [4.78, 5) is 11.3. The zero-order chi connectivity index (χ0) is 11.1. The van der Waals surface area contributed by atoms with E-state index in [2.05, 4.69) is 14.9 Å². The lowest BCUT2D eigenvalue weighted by atomic mass is 10.3. The molecule has 2 N–H and O–H groups in total. The van der Waals surface area contributed by atoms with Gasteiger partial charge in [-0.05, 0) is 6.08 Å². The van der Waals surface area contributed by atoms with Crippen LogP contribution in [-0.4, -0.2) is 31.8 Å². The SMILES string of the molecule is CS(=O)(=O)OC1C=C2C(=O)NC=CN2N1. The first-order valence-corrected chi connectivity index (χ1v) is 5.90. The third kappa shape index (κ3) is 2.17. The molecule has 2 aliphatic rings. The van der Waals surface area contributed by atoms with Crippen molar-refractivity contribution in [1.82, 2.24) is 15.8 Å². The molecular formula is C7H9N3O4S. The monoisotopic (exact) mass is 231 g/mol. The number of rotatable bonds is 2. The van der Waals surface area contributed by atoms with Gasteiger partial charge in [0.15, 0.2) is 6.23 Å². The van der Waals surface area contributed by atoms with Crippen molar-refractivity contribution in [3.05, 3.63) is 24.2 Å². The molecule has 0 aliphatic carbocycles. The van der Waals surface area contributed by atoms with Crippen molar-refractivity contribution in [1.29, 1.82) is 0 Å². The fraction of sp³-hybridized carbons (Fsp3) is 0.286. The molecule has 0 aromatic heterocycles. The highest BCUT2D eigenvalue weighted by Gasteiger charge is 2.30. The Morgan fingerprint density at radius 2 is 2.27 bits per heavy atom. The average molecular weight is 231 g/mol. The summed E-state index contributed by atoms with van der Waals surface area (Å²) < 4.78 is 26.4. The van der Waals surface area contributed by atoms with Gasteiger partial charge in [-0.3, -0.25) is 9.80 Å². The van der Waals surface area contributed by atoms with Crippen LogP contribution in [0.15, 0.2) is 24.2 Å². The fourth-order valence-electron chi connectivity index (χ4n) is 1.28. The number of carbonyl (C=O) groups is 1. The van der Waals surface area contributed by atoms with Crippen molar-refractivity contribution in [3.63, 3.8) is 0 Å². The van der Waals surface area contributed by atoms with Gasteiger partial charge in [-0.15, -0.1) is 0 Å². The summed E-state index contributed by atoms with van der Waals surface area (Å²) in [5.74, 6) is -0.315. The van der Waals surface area contributed by atoms with Crippen LogP contribution in [0, 0.1) is 0 Å². The van der Waals surface area contributed by atoms with Gasteiger partial charge in [0.25, 0.3) is 16.0 Å². The molecule has 0 saturated carbocycles. The lowest BCUT2D eigenvalue weighted by Crippen LogP contribution is -2.41. The lowest BCUT2D eigenvalue weighted by molar-refractivity contribution is -0.118. The average Bonchev–Trinajstić information content (AvgIpc) is 2.45. The Hall–Kier alpha value is -1.38. The Bertz CT molecular complexity index is 453. The minimum absolute atomic E-state index is 0.311. The molecule has 1 amide bonds. The molecule has 0 bridgehead atoms. The molecule has 1 unspecified atom stereocenters. The molecule has 2 heterocycles. The van der Waals surface area contributed by atoms with E-state index in [1.54, 1.807) is 6.20 Å².